The maximum Gasteiger partial charge on any atom is 0.524 e. The van der Waals surface area contributed by atoms with Gasteiger partial charge in [-0.3, -0.25) is 0 Å². The number of hydrogen-bond acceptors (Lipinski definition) is 5. The van der Waals surface area contributed by atoms with Gasteiger partial charge in [0, 0.05) is 18.0 Å². The first-order valence-corrected chi connectivity index (χ1v) is 6.29. The fourth-order valence-corrected chi connectivity index (χ4v) is 2.01. The van der Waals surface area contributed by atoms with Gasteiger partial charge in [0.2, 0.25) is 0 Å². The largest absolute Gasteiger partial charge is 0.524 e. The molecule has 110 valence electrons. The van der Waals surface area contributed by atoms with Crippen molar-refractivity contribution in [3.05, 3.63) is 54.9 Å². The number of carbonyl (C=O) groups excluding carboxylic acids is 1. The van der Waals surface area contributed by atoms with Gasteiger partial charge in [-0.2, -0.15) is 0 Å². The maximum atomic E-state index is 11.3. The van der Waals surface area contributed by atoms with Crippen molar-refractivity contribution in [2.24, 2.45) is 0 Å². The van der Waals surface area contributed by atoms with E-state index in [0.717, 1.165) is 5.65 Å². The van der Waals surface area contributed by atoms with Gasteiger partial charge in [-0.25, -0.2) is 14.6 Å². The third-order valence-electron chi connectivity index (χ3n) is 2.89. The molecule has 0 unspecified atom stereocenters. The molecule has 1 aromatic carbocycles. The van der Waals surface area contributed by atoms with E-state index in [1.54, 1.807) is 24.4 Å². The summed E-state index contributed by atoms with van der Waals surface area (Å²) in [6.07, 6.45) is 0.576. The van der Waals surface area contributed by atoms with Crippen LogP contribution in [0.1, 0.15) is 0 Å². The minimum Gasteiger partial charge on any atom is -0.449 e. The van der Waals surface area contributed by atoms with Crippen molar-refractivity contribution in [3.63, 3.8) is 0 Å². The molecule has 2 heterocycles. The van der Waals surface area contributed by atoms with E-state index < -0.39 is 12.3 Å². The van der Waals surface area contributed by atoms with Crippen LogP contribution < -0.4 is 4.74 Å². The summed E-state index contributed by atoms with van der Waals surface area (Å²) >= 11 is 0. The lowest BCUT2D eigenvalue weighted by molar-refractivity contribution is 0.0849. The third kappa shape index (κ3) is 2.73. The number of fused-ring (bicyclic) bond motifs is 1. The van der Waals surface area contributed by atoms with Gasteiger partial charge in [0.1, 0.15) is 11.4 Å². The van der Waals surface area contributed by atoms with Crippen molar-refractivity contribution in [1.82, 2.24) is 9.38 Å². The van der Waals surface area contributed by atoms with Crippen LogP contribution in [-0.4, -0.2) is 26.8 Å². The molecule has 0 aliphatic heterocycles. The van der Waals surface area contributed by atoms with Crippen LogP contribution in [0.25, 0.3) is 16.9 Å². The van der Waals surface area contributed by atoms with Crippen LogP contribution in [0.2, 0.25) is 0 Å². The minimum atomic E-state index is -1.73. The van der Waals surface area contributed by atoms with Gasteiger partial charge in [0.05, 0.1) is 5.69 Å². The highest BCUT2D eigenvalue weighted by Crippen LogP contribution is 2.29. The van der Waals surface area contributed by atoms with E-state index in [4.69, 9.17) is 9.84 Å². The lowest BCUT2D eigenvalue weighted by Gasteiger charge is -2.06. The standard InChI is InChI=1S/C15H10N2O5/c18-14(19)22-15(20)21-12-6-2-1-5-10(12)11-9-17-8-4-3-7-13(17)16-11/h1-9H,(H,18,19). The highest BCUT2D eigenvalue weighted by molar-refractivity contribution is 5.79. The number of imidazole rings is 1. The van der Waals surface area contributed by atoms with Crippen LogP contribution in [0.3, 0.4) is 0 Å². The number of aromatic nitrogens is 2. The zero-order valence-electron chi connectivity index (χ0n) is 11.2. The lowest BCUT2D eigenvalue weighted by Crippen LogP contribution is -2.14. The number of nitrogens with zero attached hydrogens (tertiary/aromatic N) is 2. The van der Waals surface area contributed by atoms with Crippen molar-refractivity contribution in [2.75, 3.05) is 0 Å². The summed E-state index contributed by atoms with van der Waals surface area (Å²) in [7, 11) is 0. The average Bonchev–Trinajstić information content (AvgIpc) is 2.90. The molecule has 0 fully saturated rings. The van der Waals surface area contributed by atoms with E-state index in [1.165, 1.54) is 6.07 Å². The molecule has 22 heavy (non-hydrogen) atoms. The van der Waals surface area contributed by atoms with Crippen LogP contribution in [0.4, 0.5) is 9.59 Å². The van der Waals surface area contributed by atoms with Crippen LogP contribution in [-0.2, 0) is 4.74 Å². The Kier molecular flexibility index (Phi) is 3.45. The molecule has 7 nitrogen and oxygen atoms in total. The number of pyridine rings is 1. The molecule has 0 spiro atoms. The van der Waals surface area contributed by atoms with Gasteiger partial charge in [-0.05, 0) is 24.3 Å². The first-order chi connectivity index (χ1) is 10.6. The highest BCUT2D eigenvalue weighted by atomic mass is 16.8. The molecule has 0 saturated carbocycles. The second-order valence-electron chi connectivity index (χ2n) is 4.31. The van der Waals surface area contributed by atoms with Gasteiger partial charge in [0.25, 0.3) is 0 Å². The molecule has 0 amide bonds. The predicted octanol–water partition coefficient (Wildman–Crippen LogP) is 3.19. The Bertz CT molecular complexity index is 823. The molecular weight excluding hydrogens is 288 g/mol. The number of hydrogen-bond donors (Lipinski definition) is 1. The molecular formula is C15H10N2O5. The Morgan fingerprint density at radius 1 is 1.09 bits per heavy atom. The van der Waals surface area contributed by atoms with E-state index >= 15 is 0 Å². The predicted molar refractivity (Wildman–Crippen MR) is 75.8 cm³/mol. The van der Waals surface area contributed by atoms with Gasteiger partial charge in [-0.15, -0.1) is 0 Å². The lowest BCUT2D eigenvalue weighted by atomic mass is 10.1. The molecule has 0 atom stereocenters. The summed E-state index contributed by atoms with van der Waals surface area (Å²) in [6, 6.07) is 12.2. The summed E-state index contributed by atoms with van der Waals surface area (Å²) in [6.45, 7) is 0. The first-order valence-electron chi connectivity index (χ1n) is 6.29. The van der Waals surface area contributed by atoms with E-state index in [2.05, 4.69) is 9.72 Å². The second kappa shape index (κ2) is 5.57. The van der Waals surface area contributed by atoms with Crippen molar-refractivity contribution in [2.45, 2.75) is 0 Å². The number of rotatable bonds is 2. The first kappa shape index (κ1) is 13.6. The molecule has 0 aliphatic carbocycles. The topological polar surface area (TPSA) is 90.1 Å². The van der Waals surface area contributed by atoms with Crippen molar-refractivity contribution in [1.29, 1.82) is 0 Å². The fourth-order valence-electron chi connectivity index (χ4n) is 2.01. The zero-order valence-corrected chi connectivity index (χ0v) is 11.2. The number of carboxylic acid groups (broad SMARTS) is 1. The molecule has 1 N–H and O–H groups in total. The summed E-state index contributed by atoms with van der Waals surface area (Å²) in [4.78, 5) is 26.1. The van der Waals surface area contributed by atoms with Gasteiger partial charge in [-0.1, -0.05) is 18.2 Å². The number of para-hydroxylation sites is 1. The molecule has 7 heteroatoms. The van der Waals surface area contributed by atoms with Crippen molar-refractivity contribution in [3.8, 4) is 17.0 Å². The molecule has 3 rings (SSSR count). The Balaban J connectivity index is 1.97. The van der Waals surface area contributed by atoms with Crippen LogP contribution in [0.15, 0.2) is 54.9 Å². The van der Waals surface area contributed by atoms with Crippen LogP contribution in [0, 0.1) is 0 Å². The summed E-state index contributed by atoms with van der Waals surface area (Å²) < 4.78 is 10.7. The van der Waals surface area contributed by atoms with Crippen molar-refractivity contribution >= 4 is 18.0 Å². The monoisotopic (exact) mass is 298 g/mol. The summed E-state index contributed by atoms with van der Waals surface area (Å²) in [5, 5.41) is 8.40. The summed E-state index contributed by atoms with van der Waals surface area (Å²) in [5.74, 6) is 0.164. The van der Waals surface area contributed by atoms with E-state index in [0.29, 0.717) is 11.3 Å². The molecule has 0 saturated heterocycles. The smallest absolute Gasteiger partial charge is 0.449 e. The van der Waals surface area contributed by atoms with E-state index in [9.17, 15) is 9.59 Å². The van der Waals surface area contributed by atoms with Crippen LogP contribution >= 0.6 is 0 Å². The average molecular weight is 298 g/mol. The zero-order chi connectivity index (χ0) is 15.5. The SMILES string of the molecule is O=C(O)OC(=O)Oc1ccccc1-c1cn2ccccc2n1. The number of benzene rings is 1. The number of ether oxygens (including phenoxy) is 2. The molecule has 0 radical (unpaired) electrons. The molecule has 0 aliphatic rings. The third-order valence-corrected chi connectivity index (χ3v) is 2.89. The van der Waals surface area contributed by atoms with E-state index in [1.807, 2.05) is 28.8 Å². The molecule has 3 aromatic rings. The Morgan fingerprint density at radius 3 is 2.64 bits per heavy atom. The van der Waals surface area contributed by atoms with Gasteiger partial charge in [0.15, 0.2) is 0 Å². The van der Waals surface area contributed by atoms with Crippen molar-refractivity contribution < 1.29 is 24.2 Å². The minimum absolute atomic E-state index is 0.164. The summed E-state index contributed by atoms with van der Waals surface area (Å²) in [5.41, 5.74) is 1.87. The van der Waals surface area contributed by atoms with Gasteiger partial charge < -0.3 is 19.0 Å². The Morgan fingerprint density at radius 2 is 1.86 bits per heavy atom. The quantitative estimate of drug-likeness (QED) is 0.444. The van der Waals surface area contributed by atoms with Gasteiger partial charge >= 0.3 is 12.3 Å². The highest BCUT2D eigenvalue weighted by Gasteiger charge is 2.16. The molecule has 2 aromatic heterocycles. The fraction of sp³-hybridized carbons (Fsp3) is 0. The Labute approximate surface area is 124 Å². The molecule has 0 bridgehead atoms. The second-order valence-corrected chi connectivity index (χ2v) is 4.31. The van der Waals surface area contributed by atoms with Crippen LogP contribution in [0.5, 0.6) is 5.75 Å². The maximum absolute atomic E-state index is 11.3. The Hall–Kier alpha value is -3.35. The van der Waals surface area contributed by atoms with E-state index in [-0.39, 0.29) is 5.75 Å². The normalized spacial score (nSPS) is 10.4. The number of carbonyl (C=O) groups is 2.